The maximum atomic E-state index is 8.97. The molecular weight excluding hydrogens is 260 g/mol. The van der Waals surface area contributed by atoms with Gasteiger partial charge in [-0.2, -0.15) is 5.26 Å². The fraction of sp³-hybridized carbons (Fsp3) is 0.294. The number of nitriles is 1. The number of aromatic nitrogens is 1. The van der Waals surface area contributed by atoms with Gasteiger partial charge in [-0.25, -0.2) is 0 Å². The average Bonchev–Trinajstić information content (AvgIpc) is 2.54. The zero-order valence-electron chi connectivity index (χ0n) is 12.7. The largest absolute Gasteiger partial charge is 0.343 e. The van der Waals surface area contributed by atoms with E-state index in [0.717, 1.165) is 23.6 Å². The molecule has 4 nitrogen and oxygen atoms in total. The van der Waals surface area contributed by atoms with Crippen LogP contribution in [0.4, 0.5) is 11.4 Å². The van der Waals surface area contributed by atoms with Crippen LogP contribution in [0.1, 0.15) is 31.1 Å². The van der Waals surface area contributed by atoms with Crippen LogP contribution in [0, 0.1) is 11.3 Å². The molecule has 2 aromatic rings. The fourth-order valence-corrected chi connectivity index (χ4v) is 2.20. The second kappa shape index (κ2) is 6.87. The molecule has 0 amide bonds. The van der Waals surface area contributed by atoms with Gasteiger partial charge in [0.15, 0.2) is 0 Å². The molecular formula is C17H20N4. The molecule has 0 aliphatic heterocycles. The van der Waals surface area contributed by atoms with Crippen molar-refractivity contribution in [1.29, 1.82) is 5.26 Å². The molecule has 1 heterocycles. The van der Waals surface area contributed by atoms with Gasteiger partial charge in [-0.05, 0) is 43.8 Å². The van der Waals surface area contributed by atoms with Crippen molar-refractivity contribution in [3.05, 3.63) is 53.9 Å². The first-order valence-corrected chi connectivity index (χ1v) is 7.09. The van der Waals surface area contributed by atoms with Gasteiger partial charge in [-0.1, -0.05) is 13.0 Å². The Morgan fingerprint density at radius 1 is 1.29 bits per heavy atom. The van der Waals surface area contributed by atoms with Crippen molar-refractivity contribution in [2.75, 3.05) is 18.5 Å². The lowest BCUT2D eigenvalue weighted by atomic mass is 10.2. The number of hydrogen-bond acceptors (Lipinski definition) is 4. The fourth-order valence-electron chi connectivity index (χ4n) is 2.20. The number of hydrogen-bond donors (Lipinski definition) is 1. The molecule has 1 aromatic carbocycles. The Bertz CT molecular complexity index is 628. The van der Waals surface area contributed by atoms with Crippen LogP contribution in [0.3, 0.4) is 0 Å². The predicted octanol–water partition coefficient (Wildman–Crippen LogP) is 3.39. The standard InChI is InChI=1S/C17H20N4/c1-4-19-13(2)17-9-8-16(12-20-17)21(3)15-7-5-6-14(10-15)11-18/h5-10,12-13,19H,4H2,1-3H3. The first-order valence-electron chi connectivity index (χ1n) is 7.09. The molecule has 0 bridgehead atoms. The van der Waals surface area contributed by atoms with E-state index >= 15 is 0 Å². The van der Waals surface area contributed by atoms with Gasteiger partial charge in [-0.3, -0.25) is 4.98 Å². The van der Waals surface area contributed by atoms with Crippen molar-refractivity contribution in [3.63, 3.8) is 0 Å². The van der Waals surface area contributed by atoms with Crippen molar-refractivity contribution >= 4 is 11.4 Å². The number of nitrogens with one attached hydrogen (secondary N) is 1. The van der Waals surface area contributed by atoms with Gasteiger partial charge in [0.05, 0.1) is 29.2 Å². The second-order valence-corrected chi connectivity index (χ2v) is 4.94. The minimum atomic E-state index is 0.247. The van der Waals surface area contributed by atoms with Gasteiger partial charge in [0, 0.05) is 18.8 Å². The molecule has 0 aliphatic carbocycles. The van der Waals surface area contributed by atoms with E-state index in [-0.39, 0.29) is 6.04 Å². The zero-order valence-corrected chi connectivity index (χ0v) is 12.7. The number of rotatable bonds is 5. The van der Waals surface area contributed by atoms with Gasteiger partial charge in [0.2, 0.25) is 0 Å². The van der Waals surface area contributed by atoms with Crippen LogP contribution in [-0.4, -0.2) is 18.6 Å². The summed E-state index contributed by atoms with van der Waals surface area (Å²) in [6.45, 7) is 5.11. The zero-order chi connectivity index (χ0) is 15.2. The molecule has 0 aliphatic rings. The molecule has 0 spiro atoms. The Labute approximate surface area is 126 Å². The third kappa shape index (κ3) is 3.59. The van der Waals surface area contributed by atoms with Crippen molar-refractivity contribution in [1.82, 2.24) is 10.3 Å². The maximum absolute atomic E-state index is 8.97. The van der Waals surface area contributed by atoms with E-state index in [4.69, 9.17) is 5.26 Å². The second-order valence-electron chi connectivity index (χ2n) is 4.94. The first-order chi connectivity index (χ1) is 10.2. The summed E-state index contributed by atoms with van der Waals surface area (Å²) in [6, 6.07) is 14.0. The highest BCUT2D eigenvalue weighted by atomic mass is 15.1. The summed E-state index contributed by atoms with van der Waals surface area (Å²) in [7, 11) is 1.97. The minimum absolute atomic E-state index is 0.247. The predicted molar refractivity (Wildman–Crippen MR) is 85.5 cm³/mol. The SMILES string of the molecule is CCNC(C)c1ccc(N(C)c2cccc(C#N)c2)cn1. The van der Waals surface area contributed by atoms with Gasteiger partial charge in [0.25, 0.3) is 0 Å². The molecule has 1 unspecified atom stereocenters. The molecule has 0 saturated heterocycles. The minimum Gasteiger partial charge on any atom is -0.343 e. The van der Waals surface area contributed by atoms with Crippen LogP contribution in [0.15, 0.2) is 42.6 Å². The summed E-state index contributed by atoms with van der Waals surface area (Å²) in [4.78, 5) is 6.54. The number of nitrogens with zero attached hydrogens (tertiary/aromatic N) is 3. The van der Waals surface area contributed by atoms with E-state index in [2.05, 4.69) is 36.3 Å². The quantitative estimate of drug-likeness (QED) is 0.912. The number of anilines is 2. The van der Waals surface area contributed by atoms with Gasteiger partial charge in [-0.15, -0.1) is 0 Å². The Hall–Kier alpha value is -2.38. The Morgan fingerprint density at radius 3 is 2.71 bits per heavy atom. The third-order valence-corrected chi connectivity index (χ3v) is 3.47. The topological polar surface area (TPSA) is 52.0 Å². The van der Waals surface area contributed by atoms with Crippen LogP contribution in [0.25, 0.3) is 0 Å². The van der Waals surface area contributed by atoms with Crippen LogP contribution in [0.5, 0.6) is 0 Å². The molecule has 1 aromatic heterocycles. The van der Waals surface area contributed by atoms with Crippen molar-refractivity contribution in [3.8, 4) is 6.07 Å². The number of pyridine rings is 1. The lowest BCUT2D eigenvalue weighted by Crippen LogP contribution is -2.19. The van der Waals surface area contributed by atoms with E-state index in [9.17, 15) is 0 Å². The van der Waals surface area contributed by atoms with Gasteiger partial charge >= 0.3 is 0 Å². The highest BCUT2D eigenvalue weighted by Gasteiger charge is 2.08. The summed E-state index contributed by atoms with van der Waals surface area (Å²) >= 11 is 0. The Balaban J connectivity index is 2.19. The molecule has 0 radical (unpaired) electrons. The Kier molecular flexibility index (Phi) is 4.91. The summed E-state index contributed by atoms with van der Waals surface area (Å²) in [6.07, 6.45) is 1.86. The normalized spacial score (nSPS) is 11.7. The van der Waals surface area contributed by atoms with Gasteiger partial charge < -0.3 is 10.2 Å². The Morgan fingerprint density at radius 2 is 2.10 bits per heavy atom. The first kappa shape index (κ1) is 15.0. The molecule has 1 N–H and O–H groups in total. The molecule has 0 saturated carbocycles. The molecule has 21 heavy (non-hydrogen) atoms. The smallest absolute Gasteiger partial charge is 0.0992 e. The summed E-state index contributed by atoms with van der Waals surface area (Å²) in [5.41, 5.74) is 3.66. The van der Waals surface area contributed by atoms with Crippen molar-refractivity contribution in [2.24, 2.45) is 0 Å². The average molecular weight is 280 g/mol. The molecule has 4 heteroatoms. The van der Waals surface area contributed by atoms with Crippen LogP contribution in [0.2, 0.25) is 0 Å². The van der Waals surface area contributed by atoms with Crippen LogP contribution < -0.4 is 10.2 Å². The van der Waals surface area contributed by atoms with E-state index in [1.165, 1.54) is 0 Å². The molecule has 108 valence electrons. The molecule has 0 fully saturated rings. The lowest BCUT2D eigenvalue weighted by Gasteiger charge is -2.20. The maximum Gasteiger partial charge on any atom is 0.0992 e. The molecule has 1 atom stereocenters. The van der Waals surface area contributed by atoms with Crippen molar-refractivity contribution < 1.29 is 0 Å². The highest BCUT2D eigenvalue weighted by molar-refractivity contribution is 5.63. The van der Waals surface area contributed by atoms with E-state index < -0.39 is 0 Å². The lowest BCUT2D eigenvalue weighted by molar-refractivity contribution is 0.583. The highest BCUT2D eigenvalue weighted by Crippen LogP contribution is 2.24. The van der Waals surface area contributed by atoms with Gasteiger partial charge in [0.1, 0.15) is 0 Å². The summed E-state index contributed by atoms with van der Waals surface area (Å²) in [5, 5.41) is 12.3. The molecule has 2 rings (SSSR count). The van der Waals surface area contributed by atoms with E-state index in [0.29, 0.717) is 5.56 Å². The third-order valence-electron chi connectivity index (χ3n) is 3.47. The van der Waals surface area contributed by atoms with Crippen LogP contribution in [-0.2, 0) is 0 Å². The number of benzene rings is 1. The van der Waals surface area contributed by atoms with Crippen LogP contribution >= 0.6 is 0 Å². The van der Waals surface area contributed by atoms with E-state index in [1.807, 2.05) is 42.4 Å². The van der Waals surface area contributed by atoms with E-state index in [1.54, 1.807) is 6.07 Å². The summed E-state index contributed by atoms with van der Waals surface area (Å²) < 4.78 is 0. The van der Waals surface area contributed by atoms with Crippen molar-refractivity contribution in [2.45, 2.75) is 19.9 Å². The summed E-state index contributed by atoms with van der Waals surface area (Å²) in [5.74, 6) is 0. The monoisotopic (exact) mass is 280 g/mol.